The molecule has 0 amide bonds. The molecule has 2 aromatic rings. The van der Waals surface area contributed by atoms with Gasteiger partial charge >= 0.3 is 5.97 Å². The molecule has 26 heavy (non-hydrogen) atoms. The van der Waals surface area contributed by atoms with Crippen molar-refractivity contribution in [2.75, 3.05) is 31.4 Å². The summed E-state index contributed by atoms with van der Waals surface area (Å²) in [6.45, 7) is 2.46. The van der Waals surface area contributed by atoms with Crippen LogP contribution in [-0.4, -0.2) is 32.6 Å². The van der Waals surface area contributed by atoms with Crippen LogP contribution in [0.5, 0.6) is 5.75 Å². The van der Waals surface area contributed by atoms with Crippen molar-refractivity contribution < 1.29 is 14.3 Å². The number of carbonyl (C=O) groups is 1. The summed E-state index contributed by atoms with van der Waals surface area (Å²) in [6.07, 6.45) is 0. The standard InChI is InChI=1S/C19H24N4O3/c1-4-26-16-10-7-13(11-15(16)22-2)17(19(24)25-3)23-14-8-5-12(6-9-14)18(20)21/h5-11,17,22-23H,4H2,1-3H3,(H3,20,21). The normalized spacial score (nSPS) is 11.3. The molecule has 0 saturated carbocycles. The van der Waals surface area contributed by atoms with Gasteiger partial charge in [0.25, 0.3) is 0 Å². The minimum Gasteiger partial charge on any atom is -0.492 e. The number of hydrogen-bond acceptors (Lipinski definition) is 6. The van der Waals surface area contributed by atoms with E-state index in [4.69, 9.17) is 20.6 Å². The minimum absolute atomic E-state index is 0.00811. The number of nitrogens with two attached hydrogens (primary N) is 1. The molecule has 2 aromatic carbocycles. The number of nitrogens with one attached hydrogen (secondary N) is 3. The maximum atomic E-state index is 12.3. The average molecular weight is 356 g/mol. The van der Waals surface area contributed by atoms with Crippen molar-refractivity contribution in [3.05, 3.63) is 53.6 Å². The maximum absolute atomic E-state index is 12.3. The fourth-order valence-electron chi connectivity index (χ4n) is 2.51. The van der Waals surface area contributed by atoms with Gasteiger partial charge < -0.3 is 25.8 Å². The first-order chi connectivity index (χ1) is 12.5. The lowest BCUT2D eigenvalue weighted by Gasteiger charge is -2.20. The van der Waals surface area contributed by atoms with Crippen molar-refractivity contribution >= 4 is 23.2 Å². The van der Waals surface area contributed by atoms with E-state index in [0.29, 0.717) is 23.6 Å². The highest BCUT2D eigenvalue weighted by Gasteiger charge is 2.22. The molecule has 1 unspecified atom stereocenters. The van der Waals surface area contributed by atoms with Crippen LogP contribution in [0.15, 0.2) is 42.5 Å². The summed E-state index contributed by atoms with van der Waals surface area (Å²) in [6, 6.07) is 11.8. The van der Waals surface area contributed by atoms with Crippen molar-refractivity contribution in [1.82, 2.24) is 0 Å². The zero-order valence-electron chi connectivity index (χ0n) is 15.1. The molecule has 0 radical (unpaired) electrons. The van der Waals surface area contributed by atoms with Gasteiger partial charge in [0.15, 0.2) is 6.04 Å². The second-order valence-corrected chi connectivity index (χ2v) is 5.53. The predicted octanol–water partition coefficient (Wildman–Crippen LogP) is 2.74. The monoisotopic (exact) mass is 356 g/mol. The van der Waals surface area contributed by atoms with E-state index in [1.54, 1.807) is 31.3 Å². The van der Waals surface area contributed by atoms with Gasteiger partial charge in [-0.15, -0.1) is 0 Å². The number of hydrogen-bond donors (Lipinski definition) is 4. The zero-order valence-corrected chi connectivity index (χ0v) is 15.1. The third-order valence-electron chi connectivity index (χ3n) is 3.85. The van der Waals surface area contributed by atoms with Crippen LogP contribution in [0.25, 0.3) is 0 Å². The first-order valence-electron chi connectivity index (χ1n) is 8.23. The van der Waals surface area contributed by atoms with E-state index in [1.807, 2.05) is 25.1 Å². The molecular formula is C19H24N4O3. The lowest BCUT2D eigenvalue weighted by Crippen LogP contribution is -2.22. The number of anilines is 2. The van der Waals surface area contributed by atoms with Gasteiger partial charge in [-0.2, -0.15) is 0 Å². The van der Waals surface area contributed by atoms with Crippen LogP contribution in [0.2, 0.25) is 0 Å². The smallest absolute Gasteiger partial charge is 0.332 e. The summed E-state index contributed by atoms with van der Waals surface area (Å²) in [5.74, 6) is 0.297. The number of esters is 1. The molecule has 7 heteroatoms. The van der Waals surface area contributed by atoms with Gasteiger partial charge in [-0.25, -0.2) is 4.79 Å². The third-order valence-corrected chi connectivity index (χ3v) is 3.85. The van der Waals surface area contributed by atoms with E-state index >= 15 is 0 Å². The Kier molecular flexibility index (Phi) is 6.43. The van der Waals surface area contributed by atoms with Crippen molar-refractivity contribution in [2.45, 2.75) is 13.0 Å². The van der Waals surface area contributed by atoms with Crippen LogP contribution in [0.1, 0.15) is 24.1 Å². The maximum Gasteiger partial charge on any atom is 0.332 e. The molecule has 0 fully saturated rings. The molecule has 0 bridgehead atoms. The largest absolute Gasteiger partial charge is 0.492 e. The molecule has 138 valence electrons. The average Bonchev–Trinajstić information content (AvgIpc) is 2.66. The van der Waals surface area contributed by atoms with Crippen LogP contribution in [-0.2, 0) is 9.53 Å². The Bertz CT molecular complexity index is 775. The van der Waals surface area contributed by atoms with Crippen LogP contribution in [0.3, 0.4) is 0 Å². The Hall–Kier alpha value is -3.22. The van der Waals surface area contributed by atoms with Gasteiger partial charge in [0.1, 0.15) is 11.6 Å². The van der Waals surface area contributed by atoms with Crippen molar-refractivity contribution in [1.29, 1.82) is 5.41 Å². The second-order valence-electron chi connectivity index (χ2n) is 5.53. The van der Waals surface area contributed by atoms with E-state index in [9.17, 15) is 4.79 Å². The highest BCUT2D eigenvalue weighted by atomic mass is 16.5. The second kappa shape index (κ2) is 8.75. The van der Waals surface area contributed by atoms with Crippen LogP contribution >= 0.6 is 0 Å². The van der Waals surface area contributed by atoms with E-state index in [2.05, 4.69) is 10.6 Å². The topological polar surface area (TPSA) is 109 Å². The van der Waals surface area contributed by atoms with Gasteiger partial charge in [-0.05, 0) is 48.9 Å². The van der Waals surface area contributed by atoms with Crippen LogP contribution < -0.4 is 21.1 Å². The Morgan fingerprint density at radius 3 is 2.46 bits per heavy atom. The number of amidine groups is 1. The number of carbonyl (C=O) groups excluding carboxylic acids is 1. The molecule has 0 aliphatic rings. The quantitative estimate of drug-likeness (QED) is 0.329. The molecule has 0 heterocycles. The number of rotatable bonds is 8. The van der Waals surface area contributed by atoms with Gasteiger partial charge in [0, 0.05) is 18.3 Å². The summed E-state index contributed by atoms with van der Waals surface area (Å²) in [5, 5.41) is 13.7. The summed E-state index contributed by atoms with van der Waals surface area (Å²) in [5.41, 5.74) is 8.31. The van der Waals surface area contributed by atoms with Crippen LogP contribution in [0.4, 0.5) is 11.4 Å². The van der Waals surface area contributed by atoms with Gasteiger partial charge in [0.05, 0.1) is 19.4 Å². The van der Waals surface area contributed by atoms with Gasteiger partial charge in [0.2, 0.25) is 0 Å². The fourth-order valence-corrected chi connectivity index (χ4v) is 2.51. The summed E-state index contributed by atoms with van der Waals surface area (Å²) in [7, 11) is 3.14. The summed E-state index contributed by atoms with van der Waals surface area (Å²) >= 11 is 0. The van der Waals surface area contributed by atoms with Crippen LogP contribution in [0, 0.1) is 5.41 Å². The first-order valence-corrected chi connectivity index (χ1v) is 8.23. The number of benzene rings is 2. The van der Waals surface area contributed by atoms with Crippen molar-refractivity contribution in [2.24, 2.45) is 5.73 Å². The molecule has 2 rings (SSSR count). The molecule has 7 nitrogen and oxygen atoms in total. The lowest BCUT2D eigenvalue weighted by molar-refractivity contribution is -0.141. The van der Waals surface area contributed by atoms with Gasteiger partial charge in [-0.1, -0.05) is 6.07 Å². The van der Waals surface area contributed by atoms with E-state index in [-0.39, 0.29) is 5.84 Å². The highest BCUT2D eigenvalue weighted by molar-refractivity contribution is 5.95. The molecule has 0 aliphatic carbocycles. The Balaban J connectivity index is 2.32. The number of nitrogen functional groups attached to an aromatic ring is 1. The summed E-state index contributed by atoms with van der Waals surface area (Å²) < 4.78 is 10.5. The van der Waals surface area contributed by atoms with Gasteiger partial charge in [-0.3, -0.25) is 5.41 Å². The molecule has 0 aromatic heterocycles. The summed E-state index contributed by atoms with van der Waals surface area (Å²) in [4.78, 5) is 12.3. The first kappa shape index (κ1) is 19.1. The number of methoxy groups -OCH3 is 1. The van der Waals surface area contributed by atoms with E-state index < -0.39 is 12.0 Å². The Labute approximate surface area is 153 Å². The molecule has 0 saturated heterocycles. The Morgan fingerprint density at radius 1 is 1.23 bits per heavy atom. The fraction of sp³-hybridized carbons (Fsp3) is 0.263. The Morgan fingerprint density at radius 2 is 1.92 bits per heavy atom. The molecule has 0 aliphatic heterocycles. The van der Waals surface area contributed by atoms with E-state index in [1.165, 1.54) is 7.11 Å². The van der Waals surface area contributed by atoms with Crippen molar-refractivity contribution in [3.8, 4) is 5.75 Å². The lowest BCUT2D eigenvalue weighted by atomic mass is 10.0. The van der Waals surface area contributed by atoms with E-state index in [0.717, 1.165) is 11.3 Å². The third kappa shape index (κ3) is 4.44. The van der Waals surface area contributed by atoms with Crippen molar-refractivity contribution in [3.63, 3.8) is 0 Å². The molecule has 1 atom stereocenters. The number of ether oxygens (including phenoxy) is 2. The molecular weight excluding hydrogens is 332 g/mol. The molecule has 5 N–H and O–H groups in total. The minimum atomic E-state index is -0.689. The SMILES string of the molecule is CCOc1ccc(C(Nc2ccc(C(=N)N)cc2)C(=O)OC)cc1NC. The highest BCUT2D eigenvalue weighted by Crippen LogP contribution is 2.30. The molecule has 0 spiro atoms. The predicted molar refractivity (Wildman–Crippen MR) is 103 cm³/mol. The zero-order chi connectivity index (χ0) is 19.1.